The summed E-state index contributed by atoms with van der Waals surface area (Å²) in [6, 6.07) is 18.5. The predicted octanol–water partition coefficient (Wildman–Crippen LogP) is 5.71. The second-order valence-corrected chi connectivity index (χ2v) is 8.18. The summed E-state index contributed by atoms with van der Waals surface area (Å²) in [5.41, 5.74) is 2.41. The van der Waals surface area contributed by atoms with Gasteiger partial charge in [0, 0.05) is 16.2 Å². The van der Waals surface area contributed by atoms with E-state index in [1.54, 1.807) is 11.8 Å². The first kappa shape index (κ1) is 16.7. The molecule has 128 valence electrons. The van der Waals surface area contributed by atoms with Crippen LogP contribution in [0.5, 0.6) is 0 Å². The van der Waals surface area contributed by atoms with Crippen LogP contribution in [0, 0.1) is 0 Å². The van der Waals surface area contributed by atoms with Gasteiger partial charge in [0.25, 0.3) is 0 Å². The van der Waals surface area contributed by atoms with Crippen LogP contribution in [0.15, 0.2) is 59.8 Å². The Bertz CT molecular complexity index is 858. The molecule has 0 amide bonds. The maximum atomic E-state index is 6.36. The molecule has 0 saturated heterocycles. The topological polar surface area (TPSA) is 30.7 Å². The van der Waals surface area contributed by atoms with Crippen LogP contribution in [-0.2, 0) is 6.54 Å². The molecule has 0 radical (unpaired) electrons. The molecule has 25 heavy (non-hydrogen) atoms. The molecular formula is C20H20ClN3S. The molecule has 1 fully saturated rings. The SMILES string of the molecule is CC(Sc1nnc(C2CC2)n1Cc1ccccc1)c1ccccc1Cl. The fourth-order valence-electron chi connectivity index (χ4n) is 2.97. The molecule has 1 aromatic heterocycles. The lowest BCUT2D eigenvalue weighted by atomic mass is 10.2. The zero-order valence-corrected chi connectivity index (χ0v) is 15.7. The first-order valence-electron chi connectivity index (χ1n) is 8.60. The van der Waals surface area contributed by atoms with Crippen LogP contribution in [0.4, 0.5) is 0 Å². The molecule has 0 bridgehead atoms. The van der Waals surface area contributed by atoms with Gasteiger partial charge < -0.3 is 4.57 Å². The van der Waals surface area contributed by atoms with E-state index >= 15 is 0 Å². The maximum absolute atomic E-state index is 6.36. The third kappa shape index (κ3) is 3.75. The second-order valence-electron chi connectivity index (χ2n) is 6.47. The Kier molecular flexibility index (Phi) is 4.82. The van der Waals surface area contributed by atoms with Crippen LogP contribution in [0.3, 0.4) is 0 Å². The molecular weight excluding hydrogens is 350 g/mol. The highest BCUT2D eigenvalue weighted by Crippen LogP contribution is 2.42. The van der Waals surface area contributed by atoms with Gasteiger partial charge in [-0.25, -0.2) is 0 Å². The van der Waals surface area contributed by atoms with Crippen LogP contribution in [0.25, 0.3) is 0 Å². The molecule has 4 rings (SSSR count). The molecule has 5 heteroatoms. The van der Waals surface area contributed by atoms with Crippen molar-refractivity contribution in [2.75, 3.05) is 0 Å². The lowest BCUT2D eigenvalue weighted by Crippen LogP contribution is -2.06. The summed E-state index contributed by atoms with van der Waals surface area (Å²) in [6.07, 6.45) is 2.44. The van der Waals surface area contributed by atoms with Crippen molar-refractivity contribution in [3.63, 3.8) is 0 Å². The van der Waals surface area contributed by atoms with E-state index in [-0.39, 0.29) is 5.25 Å². The lowest BCUT2D eigenvalue weighted by molar-refractivity contribution is 0.666. The summed E-state index contributed by atoms with van der Waals surface area (Å²) in [5, 5.41) is 11.0. The Morgan fingerprint density at radius 2 is 1.80 bits per heavy atom. The number of nitrogens with zero attached hydrogens (tertiary/aromatic N) is 3. The Morgan fingerprint density at radius 3 is 2.52 bits per heavy atom. The van der Waals surface area contributed by atoms with Gasteiger partial charge in [-0.15, -0.1) is 10.2 Å². The quantitative estimate of drug-likeness (QED) is 0.521. The molecule has 0 aliphatic heterocycles. The highest BCUT2D eigenvalue weighted by molar-refractivity contribution is 7.99. The van der Waals surface area contributed by atoms with Crippen molar-refractivity contribution < 1.29 is 0 Å². The summed E-state index contributed by atoms with van der Waals surface area (Å²) in [5.74, 6) is 1.69. The van der Waals surface area contributed by atoms with Gasteiger partial charge in [0.05, 0.1) is 6.54 Å². The van der Waals surface area contributed by atoms with Crippen LogP contribution >= 0.6 is 23.4 Å². The average molecular weight is 370 g/mol. The Hall–Kier alpha value is -1.78. The standard InChI is InChI=1S/C20H20ClN3S/c1-14(17-9-5-6-10-18(17)21)25-20-23-22-19(16-11-12-16)24(20)13-15-7-3-2-4-8-15/h2-10,14,16H,11-13H2,1H3. The van der Waals surface area contributed by atoms with Crippen LogP contribution < -0.4 is 0 Å². The van der Waals surface area contributed by atoms with E-state index in [1.165, 1.54) is 18.4 Å². The maximum Gasteiger partial charge on any atom is 0.192 e. The van der Waals surface area contributed by atoms with Crippen molar-refractivity contribution in [3.8, 4) is 0 Å². The summed E-state index contributed by atoms with van der Waals surface area (Å²) < 4.78 is 2.28. The van der Waals surface area contributed by atoms with Gasteiger partial charge in [-0.05, 0) is 37.0 Å². The highest BCUT2D eigenvalue weighted by Gasteiger charge is 2.31. The number of benzene rings is 2. The molecule has 0 spiro atoms. The Labute approximate surface area is 157 Å². The minimum absolute atomic E-state index is 0.222. The molecule has 3 aromatic rings. The molecule has 1 unspecified atom stereocenters. The molecule has 1 saturated carbocycles. The van der Waals surface area contributed by atoms with E-state index in [4.69, 9.17) is 11.6 Å². The number of halogens is 1. The Balaban J connectivity index is 1.62. The minimum Gasteiger partial charge on any atom is -0.301 e. The first-order valence-corrected chi connectivity index (χ1v) is 9.86. The molecule has 0 N–H and O–H groups in total. The molecule has 1 aliphatic carbocycles. The average Bonchev–Trinajstić information content (AvgIpc) is 3.40. The second kappa shape index (κ2) is 7.22. The zero-order valence-electron chi connectivity index (χ0n) is 14.1. The zero-order chi connectivity index (χ0) is 17.2. The van der Waals surface area contributed by atoms with Crippen molar-refractivity contribution in [2.45, 2.75) is 42.6 Å². The first-order chi connectivity index (χ1) is 12.2. The van der Waals surface area contributed by atoms with E-state index in [1.807, 2.05) is 24.3 Å². The fraction of sp³-hybridized carbons (Fsp3) is 0.300. The number of hydrogen-bond donors (Lipinski definition) is 0. The van der Waals surface area contributed by atoms with E-state index in [2.05, 4.69) is 52.0 Å². The minimum atomic E-state index is 0.222. The van der Waals surface area contributed by atoms with Crippen molar-refractivity contribution >= 4 is 23.4 Å². The van der Waals surface area contributed by atoms with Gasteiger partial charge in [-0.2, -0.15) is 0 Å². The van der Waals surface area contributed by atoms with Crippen molar-refractivity contribution in [3.05, 3.63) is 76.6 Å². The van der Waals surface area contributed by atoms with E-state index in [0.29, 0.717) is 5.92 Å². The molecule has 1 heterocycles. The van der Waals surface area contributed by atoms with Gasteiger partial charge in [0.15, 0.2) is 5.16 Å². The van der Waals surface area contributed by atoms with Gasteiger partial charge in [0.2, 0.25) is 0 Å². The summed E-state index contributed by atoms with van der Waals surface area (Å²) in [6.45, 7) is 2.99. The van der Waals surface area contributed by atoms with Crippen molar-refractivity contribution in [1.82, 2.24) is 14.8 Å². The fourth-order valence-corrected chi connectivity index (χ4v) is 4.36. The van der Waals surface area contributed by atoms with Gasteiger partial charge in [-0.3, -0.25) is 0 Å². The van der Waals surface area contributed by atoms with Crippen LogP contribution in [0.1, 0.15) is 47.9 Å². The number of rotatable bonds is 6. The normalized spacial score (nSPS) is 15.3. The molecule has 1 aliphatic rings. The summed E-state index contributed by atoms with van der Waals surface area (Å²) >= 11 is 8.09. The Morgan fingerprint density at radius 1 is 1.08 bits per heavy atom. The van der Waals surface area contributed by atoms with Crippen molar-refractivity contribution in [2.24, 2.45) is 0 Å². The van der Waals surface area contributed by atoms with Gasteiger partial charge in [0.1, 0.15) is 5.82 Å². The van der Waals surface area contributed by atoms with E-state index in [0.717, 1.165) is 28.1 Å². The number of thioether (sulfide) groups is 1. The molecule has 1 atom stereocenters. The van der Waals surface area contributed by atoms with Gasteiger partial charge in [-0.1, -0.05) is 71.9 Å². The van der Waals surface area contributed by atoms with Crippen molar-refractivity contribution in [1.29, 1.82) is 0 Å². The number of hydrogen-bond acceptors (Lipinski definition) is 3. The summed E-state index contributed by atoms with van der Waals surface area (Å²) in [4.78, 5) is 0. The number of aromatic nitrogens is 3. The summed E-state index contributed by atoms with van der Waals surface area (Å²) in [7, 11) is 0. The monoisotopic (exact) mass is 369 g/mol. The predicted molar refractivity (Wildman–Crippen MR) is 103 cm³/mol. The third-order valence-corrected chi connectivity index (χ3v) is 5.96. The molecule has 2 aromatic carbocycles. The lowest BCUT2D eigenvalue weighted by Gasteiger charge is -2.15. The van der Waals surface area contributed by atoms with Gasteiger partial charge >= 0.3 is 0 Å². The van der Waals surface area contributed by atoms with Crippen LogP contribution in [0.2, 0.25) is 5.02 Å². The van der Waals surface area contributed by atoms with E-state index < -0.39 is 0 Å². The third-order valence-electron chi connectivity index (χ3n) is 4.50. The largest absolute Gasteiger partial charge is 0.301 e. The van der Waals surface area contributed by atoms with E-state index in [9.17, 15) is 0 Å². The van der Waals surface area contributed by atoms with Crippen LogP contribution in [-0.4, -0.2) is 14.8 Å². The highest BCUT2D eigenvalue weighted by atomic mass is 35.5. The molecule has 3 nitrogen and oxygen atoms in total. The smallest absolute Gasteiger partial charge is 0.192 e.